The average Bonchev–Trinajstić information content (AvgIpc) is 1.87. The fraction of sp³-hybridized carbons (Fsp3) is 0.500. The Kier molecular flexibility index (Phi) is 0.970. The van der Waals surface area contributed by atoms with Gasteiger partial charge in [0.15, 0.2) is 12.4 Å². The molecule has 0 spiro atoms. The molecular formula is C6H10N+. The van der Waals surface area contributed by atoms with Gasteiger partial charge in [-0.25, -0.2) is 4.58 Å². The minimum absolute atomic E-state index is 0.644. The van der Waals surface area contributed by atoms with E-state index >= 15 is 0 Å². The van der Waals surface area contributed by atoms with Crippen LogP contribution in [0.15, 0.2) is 12.3 Å². The van der Waals surface area contributed by atoms with E-state index in [9.17, 15) is 0 Å². The lowest BCUT2D eigenvalue weighted by Gasteiger charge is -1.78. The van der Waals surface area contributed by atoms with Gasteiger partial charge in [-0.15, -0.1) is 0 Å². The first kappa shape index (κ1) is 4.57. The molecule has 1 unspecified atom stereocenters. The summed E-state index contributed by atoms with van der Waals surface area (Å²) >= 11 is 0. The Balaban J connectivity index is 2.69. The van der Waals surface area contributed by atoms with Gasteiger partial charge in [0, 0.05) is 0 Å². The fourth-order valence-electron chi connectivity index (χ4n) is 0.742. The Morgan fingerprint density at radius 1 is 1.57 bits per heavy atom. The van der Waals surface area contributed by atoms with Gasteiger partial charge < -0.3 is 0 Å². The Bertz CT molecular complexity index is 122. The minimum Gasteiger partial charge on any atom is -0.211 e. The van der Waals surface area contributed by atoms with Crippen LogP contribution in [0, 0.1) is 5.92 Å². The van der Waals surface area contributed by atoms with Crippen LogP contribution in [0.1, 0.15) is 6.92 Å². The lowest BCUT2D eigenvalue weighted by Crippen LogP contribution is -1.94. The van der Waals surface area contributed by atoms with E-state index in [1.54, 1.807) is 0 Å². The van der Waals surface area contributed by atoms with Crippen LogP contribution in [-0.4, -0.2) is 17.8 Å². The second-order valence-corrected chi connectivity index (χ2v) is 2.02. The molecule has 7 heavy (non-hydrogen) atoms. The van der Waals surface area contributed by atoms with E-state index in [1.165, 1.54) is 0 Å². The molecule has 0 saturated heterocycles. The van der Waals surface area contributed by atoms with Gasteiger partial charge in [0.05, 0.1) is 5.92 Å². The maximum Gasteiger partial charge on any atom is 0.165 e. The van der Waals surface area contributed by atoms with Crippen molar-refractivity contribution in [1.29, 1.82) is 0 Å². The number of nitrogens with zero attached hydrogens (tertiary/aromatic N) is 1. The molecule has 1 heterocycles. The maximum atomic E-state index is 2.17. The first-order valence-corrected chi connectivity index (χ1v) is 2.54. The van der Waals surface area contributed by atoms with E-state index in [4.69, 9.17) is 0 Å². The van der Waals surface area contributed by atoms with E-state index < -0.39 is 0 Å². The predicted molar refractivity (Wildman–Crippen MR) is 30.6 cm³/mol. The van der Waals surface area contributed by atoms with Crippen molar-refractivity contribution >= 4 is 6.21 Å². The van der Waals surface area contributed by atoms with E-state index in [2.05, 4.69) is 30.0 Å². The highest BCUT2D eigenvalue weighted by Gasteiger charge is 2.04. The highest BCUT2D eigenvalue weighted by molar-refractivity contribution is 5.59. The van der Waals surface area contributed by atoms with Crippen LogP contribution >= 0.6 is 0 Å². The molecule has 1 nitrogen and oxygen atoms in total. The van der Waals surface area contributed by atoms with Gasteiger partial charge >= 0.3 is 0 Å². The first-order chi connectivity index (χ1) is 3.29. The second kappa shape index (κ2) is 1.49. The van der Waals surface area contributed by atoms with Crippen LogP contribution in [0.2, 0.25) is 0 Å². The van der Waals surface area contributed by atoms with E-state index in [-0.39, 0.29) is 0 Å². The van der Waals surface area contributed by atoms with Crippen molar-refractivity contribution in [3.63, 3.8) is 0 Å². The lowest BCUT2D eigenvalue weighted by atomic mass is 10.2. The number of allylic oxidation sites excluding steroid dienone is 1. The summed E-state index contributed by atoms with van der Waals surface area (Å²) in [7, 11) is 2.04. The van der Waals surface area contributed by atoms with Crippen LogP contribution in [0.4, 0.5) is 0 Å². The third-order valence-corrected chi connectivity index (χ3v) is 1.10. The fourth-order valence-corrected chi connectivity index (χ4v) is 0.742. The Morgan fingerprint density at radius 2 is 2.29 bits per heavy atom. The molecule has 0 saturated carbocycles. The number of rotatable bonds is 0. The van der Waals surface area contributed by atoms with Gasteiger partial charge in [0.25, 0.3) is 0 Å². The Labute approximate surface area is 44.0 Å². The molecular weight excluding hydrogens is 86.1 g/mol. The molecule has 0 fully saturated rings. The number of hydrogen-bond acceptors (Lipinski definition) is 0. The molecule has 0 amide bonds. The largest absolute Gasteiger partial charge is 0.211 e. The Hall–Kier alpha value is -0.590. The summed E-state index contributed by atoms with van der Waals surface area (Å²) in [6.45, 7) is 2.17. The molecule has 0 aromatic carbocycles. The van der Waals surface area contributed by atoms with Crippen LogP contribution in [0.3, 0.4) is 0 Å². The van der Waals surface area contributed by atoms with Gasteiger partial charge in [0.1, 0.15) is 7.05 Å². The second-order valence-electron chi connectivity index (χ2n) is 2.02. The summed E-state index contributed by atoms with van der Waals surface area (Å²) in [5.74, 6) is 0.644. The minimum atomic E-state index is 0.644. The Morgan fingerprint density at radius 3 is 2.43 bits per heavy atom. The summed E-state index contributed by atoms with van der Waals surface area (Å²) in [5, 5.41) is 0. The van der Waals surface area contributed by atoms with E-state index in [1.807, 2.05) is 7.05 Å². The lowest BCUT2D eigenvalue weighted by molar-refractivity contribution is -0.414. The average molecular weight is 96.2 g/mol. The molecule has 0 aromatic heterocycles. The molecule has 0 N–H and O–H groups in total. The summed E-state index contributed by atoms with van der Waals surface area (Å²) in [6, 6.07) is 0. The molecule has 1 aliphatic rings. The van der Waals surface area contributed by atoms with Crippen molar-refractivity contribution in [3.05, 3.63) is 12.3 Å². The summed E-state index contributed by atoms with van der Waals surface area (Å²) < 4.78 is 2.07. The van der Waals surface area contributed by atoms with Gasteiger partial charge in [-0.2, -0.15) is 0 Å². The zero-order chi connectivity index (χ0) is 5.28. The van der Waals surface area contributed by atoms with Gasteiger partial charge in [-0.3, -0.25) is 0 Å². The smallest absolute Gasteiger partial charge is 0.165 e. The summed E-state index contributed by atoms with van der Waals surface area (Å²) in [6.07, 6.45) is 6.41. The third-order valence-electron chi connectivity index (χ3n) is 1.10. The molecule has 38 valence electrons. The first-order valence-electron chi connectivity index (χ1n) is 2.54. The zero-order valence-electron chi connectivity index (χ0n) is 4.76. The van der Waals surface area contributed by atoms with Crippen LogP contribution in [0.5, 0.6) is 0 Å². The van der Waals surface area contributed by atoms with Crippen molar-refractivity contribution < 1.29 is 4.58 Å². The molecule has 1 atom stereocenters. The standard InChI is InChI=1S/C6H10N/c1-6-3-4-7(2)5-6/h3-6H,1-2H3/q+1. The highest BCUT2D eigenvalue weighted by atomic mass is 14.9. The van der Waals surface area contributed by atoms with Crippen molar-refractivity contribution in [2.24, 2.45) is 5.92 Å². The van der Waals surface area contributed by atoms with Crippen LogP contribution < -0.4 is 0 Å². The molecule has 1 heteroatoms. The number of hydrogen-bond donors (Lipinski definition) is 0. The monoisotopic (exact) mass is 96.1 g/mol. The molecule has 1 aliphatic heterocycles. The molecule has 0 aliphatic carbocycles. The molecule has 0 bridgehead atoms. The molecule has 1 rings (SSSR count). The SMILES string of the molecule is CC1C=C[N+](C)=C1. The quantitative estimate of drug-likeness (QED) is 0.393. The topological polar surface area (TPSA) is 3.01 Å². The van der Waals surface area contributed by atoms with Crippen molar-refractivity contribution in [3.8, 4) is 0 Å². The van der Waals surface area contributed by atoms with Gasteiger partial charge in [0.2, 0.25) is 0 Å². The van der Waals surface area contributed by atoms with Crippen molar-refractivity contribution in [2.45, 2.75) is 6.92 Å². The van der Waals surface area contributed by atoms with Crippen molar-refractivity contribution in [2.75, 3.05) is 7.05 Å². The van der Waals surface area contributed by atoms with Gasteiger partial charge in [-0.05, 0) is 13.0 Å². The van der Waals surface area contributed by atoms with Crippen molar-refractivity contribution in [1.82, 2.24) is 0 Å². The normalized spacial score (nSPS) is 28.3. The highest BCUT2D eigenvalue weighted by Crippen LogP contribution is 1.97. The van der Waals surface area contributed by atoms with E-state index in [0.717, 1.165) is 0 Å². The van der Waals surface area contributed by atoms with Crippen LogP contribution in [0.25, 0.3) is 0 Å². The predicted octanol–water partition coefficient (Wildman–Crippen LogP) is 0.863. The molecule has 0 aromatic rings. The maximum absolute atomic E-state index is 2.17. The summed E-state index contributed by atoms with van der Waals surface area (Å²) in [4.78, 5) is 0. The zero-order valence-corrected chi connectivity index (χ0v) is 4.76. The van der Waals surface area contributed by atoms with Crippen LogP contribution in [-0.2, 0) is 0 Å². The summed E-state index contributed by atoms with van der Waals surface area (Å²) in [5.41, 5.74) is 0. The molecule has 0 radical (unpaired) electrons. The third kappa shape index (κ3) is 0.889. The van der Waals surface area contributed by atoms with Gasteiger partial charge in [-0.1, -0.05) is 0 Å². The van der Waals surface area contributed by atoms with E-state index in [0.29, 0.717) is 5.92 Å².